The molecule has 0 aliphatic heterocycles. The molecule has 0 saturated heterocycles. The number of carboxylic acids is 1. The highest BCUT2D eigenvalue weighted by molar-refractivity contribution is 7.21. The Kier molecular flexibility index (Phi) is 3.58. The summed E-state index contributed by atoms with van der Waals surface area (Å²) in [6, 6.07) is 9.47. The Bertz CT molecular complexity index is 796. The van der Waals surface area contributed by atoms with E-state index in [-0.39, 0.29) is 0 Å². The number of hydrogen-bond acceptors (Lipinski definition) is 4. The van der Waals surface area contributed by atoms with E-state index in [1.54, 1.807) is 12.4 Å². The van der Waals surface area contributed by atoms with Crippen LogP contribution in [-0.2, 0) is 6.61 Å². The molecule has 1 aromatic carbocycles. The number of nitrogens with zero attached hydrogens (tertiary/aromatic N) is 1. The molecule has 5 heteroatoms. The quantitative estimate of drug-likeness (QED) is 0.794. The number of carboxylic acid groups (broad SMARTS) is 1. The molecule has 0 spiro atoms. The average molecular weight is 299 g/mol. The van der Waals surface area contributed by atoms with Crippen LogP contribution in [0.15, 0.2) is 42.7 Å². The van der Waals surface area contributed by atoms with Crippen LogP contribution in [0.5, 0.6) is 5.75 Å². The molecule has 1 N–H and O–H groups in total. The Morgan fingerprint density at radius 1 is 1.38 bits per heavy atom. The van der Waals surface area contributed by atoms with Crippen molar-refractivity contribution in [1.82, 2.24) is 4.98 Å². The maximum atomic E-state index is 11.2. The van der Waals surface area contributed by atoms with Crippen LogP contribution in [0, 0.1) is 6.92 Å². The van der Waals surface area contributed by atoms with E-state index in [1.165, 1.54) is 11.3 Å². The van der Waals surface area contributed by atoms with Gasteiger partial charge >= 0.3 is 5.97 Å². The van der Waals surface area contributed by atoms with Gasteiger partial charge in [0, 0.05) is 22.7 Å². The minimum Gasteiger partial charge on any atom is -0.489 e. The van der Waals surface area contributed by atoms with E-state index in [2.05, 4.69) is 4.98 Å². The van der Waals surface area contributed by atoms with Crippen molar-refractivity contribution in [2.75, 3.05) is 0 Å². The normalized spacial score (nSPS) is 10.7. The number of aryl methyl sites for hydroxylation is 1. The Labute approximate surface area is 125 Å². The smallest absolute Gasteiger partial charge is 0.346 e. The van der Waals surface area contributed by atoms with Gasteiger partial charge in [-0.3, -0.25) is 4.98 Å². The summed E-state index contributed by atoms with van der Waals surface area (Å²) in [7, 11) is 0. The van der Waals surface area contributed by atoms with E-state index in [9.17, 15) is 4.79 Å². The average Bonchev–Trinajstić information content (AvgIpc) is 2.83. The summed E-state index contributed by atoms with van der Waals surface area (Å²) in [4.78, 5) is 15.6. The predicted octanol–water partition coefficient (Wildman–Crippen LogP) is 3.88. The SMILES string of the molecule is Cc1c(C(=O)O)sc2cc(OCc3cccnc3)ccc12. The van der Waals surface area contributed by atoms with Crippen molar-refractivity contribution in [3.63, 3.8) is 0 Å². The maximum absolute atomic E-state index is 11.2. The number of hydrogen-bond donors (Lipinski definition) is 1. The van der Waals surface area contributed by atoms with E-state index in [0.717, 1.165) is 27.0 Å². The number of rotatable bonds is 4. The summed E-state index contributed by atoms with van der Waals surface area (Å²) in [5.41, 5.74) is 1.80. The standard InChI is InChI=1S/C16H13NO3S/c1-10-13-5-4-12(7-14(13)21-15(10)16(18)19)20-9-11-3-2-6-17-8-11/h2-8H,9H2,1H3,(H,18,19). The van der Waals surface area contributed by atoms with E-state index in [1.807, 2.05) is 37.3 Å². The van der Waals surface area contributed by atoms with Crippen LogP contribution in [0.4, 0.5) is 0 Å². The van der Waals surface area contributed by atoms with E-state index in [4.69, 9.17) is 9.84 Å². The molecule has 0 bridgehead atoms. The summed E-state index contributed by atoms with van der Waals surface area (Å²) in [6.45, 7) is 2.27. The molecule has 0 fully saturated rings. The second kappa shape index (κ2) is 5.54. The lowest BCUT2D eigenvalue weighted by molar-refractivity contribution is 0.0701. The van der Waals surface area contributed by atoms with Gasteiger partial charge in [0.15, 0.2) is 0 Å². The molecule has 2 heterocycles. The highest BCUT2D eigenvalue weighted by Crippen LogP contribution is 2.33. The molecule has 3 rings (SSSR count). The number of thiophene rings is 1. The lowest BCUT2D eigenvalue weighted by Crippen LogP contribution is -1.95. The van der Waals surface area contributed by atoms with Crippen LogP contribution in [-0.4, -0.2) is 16.1 Å². The predicted molar refractivity (Wildman–Crippen MR) is 82.1 cm³/mol. The van der Waals surface area contributed by atoms with E-state index >= 15 is 0 Å². The number of benzene rings is 1. The molecule has 0 aliphatic rings. The van der Waals surface area contributed by atoms with Crippen LogP contribution in [0.1, 0.15) is 20.8 Å². The van der Waals surface area contributed by atoms with Gasteiger partial charge < -0.3 is 9.84 Å². The zero-order chi connectivity index (χ0) is 14.8. The van der Waals surface area contributed by atoms with Gasteiger partial charge in [0.1, 0.15) is 17.2 Å². The third kappa shape index (κ3) is 2.73. The number of aromatic carboxylic acids is 1. The fraction of sp³-hybridized carbons (Fsp3) is 0.125. The minimum absolute atomic E-state index is 0.384. The molecular formula is C16H13NO3S. The zero-order valence-electron chi connectivity index (χ0n) is 11.4. The second-order valence-electron chi connectivity index (χ2n) is 4.67. The third-order valence-corrected chi connectivity index (χ3v) is 4.47. The van der Waals surface area contributed by atoms with Crippen LogP contribution in [0.3, 0.4) is 0 Å². The van der Waals surface area contributed by atoms with Gasteiger partial charge in [-0.1, -0.05) is 6.07 Å². The van der Waals surface area contributed by atoms with Crippen molar-refractivity contribution in [2.45, 2.75) is 13.5 Å². The summed E-state index contributed by atoms with van der Waals surface area (Å²) in [5, 5.41) is 10.1. The van der Waals surface area contributed by atoms with Crippen molar-refractivity contribution >= 4 is 27.4 Å². The summed E-state index contributed by atoms with van der Waals surface area (Å²) >= 11 is 1.28. The van der Waals surface area contributed by atoms with Gasteiger partial charge in [-0.15, -0.1) is 11.3 Å². The van der Waals surface area contributed by atoms with Crippen molar-refractivity contribution < 1.29 is 14.6 Å². The molecule has 0 aliphatic carbocycles. The Hall–Kier alpha value is -2.40. The Morgan fingerprint density at radius 3 is 2.95 bits per heavy atom. The van der Waals surface area contributed by atoms with Crippen LogP contribution < -0.4 is 4.74 Å². The van der Waals surface area contributed by atoms with Gasteiger partial charge in [0.05, 0.1) is 0 Å². The zero-order valence-corrected chi connectivity index (χ0v) is 12.2. The fourth-order valence-corrected chi connectivity index (χ4v) is 3.23. The molecule has 0 radical (unpaired) electrons. The second-order valence-corrected chi connectivity index (χ2v) is 5.72. The monoisotopic (exact) mass is 299 g/mol. The van der Waals surface area contributed by atoms with E-state index < -0.39 is 5.97 Å². The lowest BCUT2D eigenvalue weighted by Gasteiger charge is -2.06. The van der Waals surface area contributed by atoms with E-state index in [0.29, 0.717) is 11.5 Å². The van der Waals surface area contributed by atoms with Gasteiger partial charge in [-0.25, -0.2) is 4.79 Å². The number of fused-ring (bicyclic) bond motifs is 1. The number of carbonyl (C=O) groups is 1. The highest BCUT2D eigenvalue weighted by atomic mass is 32.1. The summed E-state index contributed by atoms with van der Waals surface area (Å²) < 4.78 is 6.65. The largest absolute Gasteiger partial charge is 0.489 e. The molecule has 21 heavy (non-hydrogen) atoms. The molecular weight excluding hydrogens is 286 g/mol. The first-order valence-corrected chi connectivity index (χ1v) is 7.25. The Balaban J connectivity index is 1.86. The van der Waals surface area contributed by atoms with Crippen LogP contribution in [0.25, 0.3) is 10.1 Å². The fourth-order valence-electron chi connectivity index (χ4n) is 2.15. The van der Waals surface area contributed by atoms with Gasteiger partial charge in [0.2, 0.25) is 0 Å². The molecule has 4 nitrogen and oxygen atoms in total. The first kappa shape index (κ1) is 13.6. The Morgan fingerprint density at radius 2 is 2.24 bits per heavy atom. The molecule has 3 aromatic rings. The lowest BCUT2D eigenvalue weighted by atomic mass is 10.1. The number of pyridine rings is 1. The van der Waals surface area contributed by atoms with Gasteiger partial charge in [0.25, 0.3) is 0 Å². The van der Waals surface area contributed by atoms with Crippen molar-refractivity contribution in [1.29, 1.82) is 0 Å². The molecule has 0 unspecified atom stereocenters. The number of aromatic nitrogens is 1. The van der Waals surface area contributed by atoms with Gasteiger partial charge in [-0.05, 0) is 42.1 Å². The van der Waals surface area contributed by atoms with Gasteiger partial charge in [-0.2, -0.15) is 0 Å². The minimum atomic E-state index is -0.883. The molecule has 0 saturated carbocycles. The van der Waals surface area contributed by atoms with Crippen molar-refractivity contribution in [3.05, 3.63) is 58.7 Å². The van der Waals surface area contributed by atoms with Crippen LogP contribution >= 0.6 is 11.3 Å². The molecule has 0 atom stereocenters. The maximum Gasteiger partial charge on any atom is 0.346 e. The summed E-state index contributed by atoms with van der Waals surface area (Å²) in [5.74, 6) is -0.156. The molecule has 106 valence electrons. The van der Waals surface area contributed by atoms with Crippen molar-refractivity contribution in [3.8, 4) is 5.75 Å². The number of ether oxygens (including phenoxy) is 1. The first-order chi connectivity index (χ1) is 10.1. The van der Waals surface area contributed by atoms with Crippen LogP contribution in [0.2, 0.25) is 0 Å². The molecule has 0 amide bonds. The topological polar surface area (TPSA) is 59.4 Å². The third-order valence-electron chi connectivity index (χ3n) is 3.23. The van der Waals surface area contributed by atoms with Crippen molar-refractivity contribution in [2.24, 2.45) is 0 Å². The first-order valence-electron chi connectivity index (χ1n) is 6.43. The summed E-state index contributed by atoms with van der Waals surface area (Å²) in [6.07, 6.45) is 3.48. The highest BCUT2D eigenvalue weighted by Gasteiger charge is 2.14. The molecule has 2 aromatic heterocycles.